The maximum atomic E-state index is 12.7. The van der Waals surface area contributed by atoms with E-state index in [0.29, 0.717) is 28.7 Å². The smallest absolute Gasteiger partial charge is 0.328 e. The Morgan fingerprint density at radius 2 is 1.86 bits per heavy atom. The molecule has 6 nitrogen and oxygen atoms in total. The third-order valence-electron chi connectivity index (χ3n) is 4.72. The second-order valence-corrected chi connectivity index (χ2v) is 7.61. The van der Waals surface area contributed by atoms with Gasteiger partial charge >= 0.3 is 5.69 Å². The van der Waals surface area contributed by atoms with Crippen molar-refractivity contribution in [3.63, 3.8) is 0 Å². The van der Waals surface area contributed by atoms with Crippen molar-refractivity contribution in [1.82, 2.24) is 14.5 Å². The van der Waals surface area contributed by atoms with Gasteiger partial charge in [-0.1, -0.05) is 25.5 Å². The molecule has 3 aromatic rings. The Bertz CT molecular complexity index is 1070. The number of amides is 1. The molecule has 1 aromatic heterocycles. The van der Waals surface area contributed by atoms with Crippen molar-refractivity contribution in [3.8, 4) is 5.75 Å². The molecule has 0 atom stereocenters. The number of fused-ring (bicyclic) bond motifs is 1. The van der Waals surface area contributed by atoms with Crippen LogP contribution in [0, 0.1) is 0 Å². The Morgan fingerprint density at radius 3 is 2.57 bits per heavy atom. The van der Waals surface area contributed by atoms with E-state index in [0.717, 1.165) is 29.7 Å². The molecular formula is C21H24BrN3O3. The Kier molecular flexibility index (Phi) is 6.24. The number of aryl methyl sites for hydroxylation is 2. The number of aromatic nitrogens is 2. The van der Waals surface area contributed by atoms with Crippen LogP contribution >= 0.6 is 15.9 Å². The predicted octanol–water partition coefficient (Wildman–Crippen LogP) is 3.75. The van der Waals surface area contributed by atoms with E-state index < -0.39 is 0 Å². The molecule has 2 aromatic carbocycles. The van der Waals surface area contributed by atoms with Crippen LogP contribution in [0.25, 0.3) is 11.0 Å². The topological polar surface area (TPSA) is 65.3 Å². The second kappa shape index (κ2) is 8.65. The number of rotatable bonds is 7. The maximum absolute atomic E-state index is 12.7. The SMILES string of the molecule is CCCCOc1cccc(CNC(=O)c2cc3c(cc2Br)n(C)c(=O)n3C)c1. The van der Waals surface area contributed by atoms with Crippen LogP contribution in [0.15, 0.2) is 45.7 Å². The highest BCUT2D eigenvalue weighted by Gasteiger charge is 2.16. The summed E-state index contributed by atoms with van der Waals surface area (Å²) in [7, 11) is 3.41. The van der Waals surface area contributed by atoms with Crippen LogP contribution in [0.3, 0.4) is 0 Å². The van der Waals surface area contributed by atoms with Crippen molar-refractivity contribution in [3.05, 3.63) is 62.5 Å². The molecule has 0 aliphatic rings. The molecule has 0 aliphatic heterocycles. The lowest BCUT2D eigenvalue weighted by Crippen LogP contribution is -2.23. The Hall–Kier alpha value is -2.54. The van der Waals surface area contributed by atoms with Crippen molar-refractivity contribution in [2.45, 2.75) is 26.3 Å². The van der Waals surface area contributed by atoms with Gasteiger partial charge in [-0.15, -0.1) is 0 Å². The molecule has 7 heteroatoms. The molecule has 0 saturated heterocycles. The summed E-state index contributed by atoms with van der Waals surface area (Å²) in [5.41, 5.74) is 2.81. The van der Waals surface area contributed by atoms with Gasteiger partial charge in [-0.2, -0.15) is 0 Å². The zero-order valence-corrected chi connectivity index (χ0v) is 17.9. The van der Waals surface area contributed by atoms with Gasteiger partial charge in [-0.25, -0.2) is 4.79 Å². The summed E-state index contributed by atoms with van der Waals surface area (Å²) < 4.78 is 9.46. The van der Waals surface area contributed by atoms with Crippen molar-refractivity contribution in [2.75, 3.05) is 6.61 Å². The van der Waals surface area contributed by atoms with E-state index in [1.807, 2.05) is 24.3 Å². The molecule has 28 heavy (non-hydrogen) atoms. The zero-order valence-electron chi connectivity index (χ0n) is 16.3. The van der Waals surface area contributed by atoms with Gasteiger partial charge in [0.1, 0.15) is 5.75 Å². The molecule has 0 unspecified atom stereocenters. The average Bonchev–Trinajstić information content (AvgIpc) is 2.90. The number of nitrogens with one attached hydrogen (secondary N) is 1. The van der Waals surface area contributed by atoms with Crippen LogP contribution in [0.2, 0.25) is 0 Å². The van der Waals surface area contributed by atoms with Crippen molar-refractivity contribution in [2.24, 2.45) is 14.1 Å². The molecule has 0 fully saturated rings. The Balaban J connectivity index is 1.75. The van der Waals surface area contributed by atoms with E-state index >= 15 is 0 Å². The fourth-order valence-electron chi connectivity index (χ4n) is 3.05. The number of imidazole rings is 1. The normalized spacial score (nSPS) is 11.0. The maximum Gasteiger partial charge on any atom is 0.328 e. The molecule has 1 amide bonds. The van der Waals surface area contributed by atoms with Gasteiger partial charge < -0.3 is 10.1 Å². The standard InChI is InChI=1S/C21H24BrN3O3/c1-4-5-9-28-15-8-6-7-14(10-15)13-23-20(26)16-11-18-19(12-17(16)22)25(3)21(27)24(18)2/h6-8,10-12H,4-5,9,13H2,1-3H3,(H,23,26). The number of hydrogen-bond acceptors (Lipinski definition) is 3. The van der Waals surface area contributed by atoms with Crippen molar-refractivity contribution in [1.29, 1.82) is 0 Å². The lowest BCUT2D eigenvalue weighted by atomic mass is 10.1. The first-order valence-corrected chi connectivity index (χ1v) is 10.1. The molecule has 148 valence electrons. The summed E-state index contributed by atoms with van der Waals surface area (Å²) in [5.74, 6) is 0.601. The summed E-state index contributed by atoms with van der Waals surface area (Å²) in [6.07, 6.45) is 2.10. The van der Waals surface area contributed by atoms with Crippen LogP contribution in [-0.2, 0) is 20.6 Å². The fourth-order valence-corrected chi connectivity index (χ4v) is 3.56. The quantitative estimate of drug-likeness (QED) is 0.563. The first kappa shape index (κ1) is 20.2. The van der Waals surface area contributed by atoms with Gasteiger partial charge in [0.25, 0.3) is 5.91 Å². The van der Waals surface area contributed by atoms with Gasteiger partial charge in [0.2, 0.25) is 0 Å². The van der Waals surface area contributed by atoms with E-state index in [9.17, 15) is 9.59 Å². The summed E-state index contributed by atoms with van der Waals surface area (Å²) in [6.45, 7) is 3.20. The number of carbonyl (C=O) groups is 1. The summed E-state index contributed by atoms with van der Waals surface area (Å²) in [5, 5.41) is 2.94. The van der Waals surface area contributed by atoms with Gasteiger partial charge in [-0.05, 0) is 52.2 Å². The number of ether oxygens (including phenoxy) is 1. The number of hydrogen-bond donors (Lipinski definition) is 1. The molecule has 0 aliphatic carbocycles. The fraction of sp³-hybridized carbons (Fsp3) is 0.333. The molecule has 0 spiro atoms. The predicted molar refractivity (Wildman–Crippen MR) is 114 cm³/mol. The highest BCUT2D eigenvalue weighted by molar-refractivity contribution is 9.10. The van der Waals surface area contributed by atoms with Crippen LogP contribution in [0.4, 0.5) is 0 Å². The molecule has 1 heterocycles. The van der Waals surface area contributed by atoms with E-state index in [4.69, 9.17) is 4.74 Å². The van der Waals surface area contributed by atoms with E-state index in [-0.39, 0.29) is 11.6 Å². The third-order valence-corrected chi connectivity index (χ3v) is 5.38. The summed E-state index contributed by atoms with van der Waals surface area (Å²) in [4.78, 5) is 24.8. The first-order valence-electron chi connectivity index (χ1n) is 9.27. The second-order valence-electron chi connectivity index (χ2n) is 6.75. The van der Waals surface area contributed by atoms with Crippen molar-refractivity contribution >= 4 is 32.9 Å². The minimum absolute atomic E-state index is 0.126. The van der Waals surface area contributed by atoms with Crippen molar-refractivity contribution < 1.29 is 9.53 Å². The molecule has 0 radical (unpaired) electrons. The molecule has 1 N–H and O–H groups in total. The lowest BCUT2D eigenvalue weighted by molar-refractivity contribution is 0.0950. The minimum atomic E-state index is -0.206. The molecular weight excluding hydrogens is 422 g/mol. The van der Waals surface area contributed by atoms with Gasteiger partial charge in [0.05, 0.1) is 23.2 Å². The van der Waals surface area contributed by atoms with Crippen LogP contribution in [0.1, 0.15) is 35.7 Å². The van der Waals surface area contributed by atoms with Gasteiger partial charge in [-0.3, -0.25) is 13.9 Å². The monoisotopic (exact) mass is 445 g/mol. The Labute approximate surface area is 172 Å². The number of halogens is 1. The summed E-state index contributed by atoms with van der Waals surface area (Å²) in [6, 6.07) is 11.3. The third kappa shape index (κ3) is 4.14. The first-order chi connectivity index (χ1) is 13.4. The van der Waals surface area contributed by atoms with Crippen LogP contribution < -0.4 is 15.7 Å². The number of benzene rings is 2. The van der Waals surface area contributed by atoms with Gasteiger partial charge in [0, 0.05) is 25.1 Å². The van der Waals surface area contributed by atoms with E-state index in [2.05, 4.69) is 28.2 Å². The van der Waals surface area contributed by atoms with E-state index in [1.165, 1.54) is 4.57 Å². The van der Waals surface area contributed by atoms with Crippen LogP contribution in [-0.4, -0.2) is 21.6 Å². The highest BCUT2D eigenvalue weighted by atomic mass is 79.9. The average molecular weight is 446 g/mol. The molecule has 0 saturated carbocycles. The highest BCUT2D eigenvalue weighted by Crippen LogP contribution is 2.24. The lowest BCUT2D eigenvalue weighted by Gasteiger charge is -2.10. The molecule has 0 bridgehead atoms. The Morgan fingerprint density at radius 1 is 1.14 bits per heavy atom. The zero-order chi connectivity index (χ0) is 20.3. The summed E-state index contributed by atoms with van der Waals surface area (Å²) >= 11 is 3.45. The van der Waals surface area contributed by atoms with Crippen LogP contribution in [0.5, 0.6) is 5.75 Å². The van der Waals surface area contributed by atoms with Gasteiger partial charge in [0.15, 0.2) is 0 Å². The number of nitrogens with zero attached hydrogens (tertiary/aromatic N) is 2. The molecule has 3 rings (SSSR count). The largest absolute Gasteiger partial charge is 0.494 e. The number of carbonyl (C=O) groups excluding carboxylic acids is 1. The minimum Gasteiger partial charge on any atom is -0.494 e. The van der Waals surface area contributed by atoms with E-state index in [1.54, 1.807) is 30.8 Å². The number of unbranched alkanes of at least 4 members (excludes halogenated alkanes) is 1.